The van der Waals surface area contributed by atoms with Crippen molar-refractivity contribution in [3.8, 4) is 6.07 Å². The minimum atomic E-state index is -0.476. The first-order chi connectivity index (χ1) is 8.26. The highest BCUT2D eigenvalue weighted by Gasteiger charge is 2.11. The zero-order valence-electron chi connectivity index (χ0n) is 9.85. The van der Waals surface area contributed by atoms with E-state index in [1.165, 1.54) is 0 Å². The number of carbonyl (C=O) groups is 1. The van der Waals surface area contributed by atoms with Gasteiger partial charge in [0.15, 0.2) is 0 Å². The summed E-state index contributed by atoms with van der Waals surface area (Å²) < 4.78 is 5.09. The third-order valence-electron chi connectivity index (χ3n) is 2.33. The van der Waals surface area contributed by atoms with Crippen LogP contribution in [0.1, 0.15) is 25.3 Å². The molecule has 90 valence electrons. The van der Waals surface area contributed by atoms with Crippen molar-refractivity contribution < 1.29 is 9.53 Å². The summed E-state index contributed by atoms with van der Waals surface area (Å²) in [5, 5.41) is 11.2. The van der Waals surface area contributed by atoms with Crippen molar-refractivity contribution in [3.63, 3.8) is 0 Å². The van der Waals surface area contributed by atoms with Crippen LogP contribution < -0.4 is 5.32 Å². The maximum absolute atomic E-state index is 11.4. The Morgan fingerprint density at radius 3 is 2.76 bits per heavy atom. The van der Waals surface area contributed by atoms with E-state index >= 15 is 0 Å². The first-order valence-electron chi connectivity index (χ1n) is 5.61. The number of alkyl carbamates (subject to hydrolysis) is 1. The lowest BCUT2D eigenvalue weighted by Crippen LogP contribution is -2.28. The number of rotatable bonds is 5. The smallest absolute Gasteiger partial charge is 0.407 e. The van der Waals surface area contributed by atoms with Gasteiger partial charge < -0.3 is 10.1 Å². The Kier molecular flexibility index (Phi) is 5.59. The van der Waals surface area contributed by atoms with Crippen LogP contribution in [0.2, 0.25) is 0 Å². The molecule has 0 heterocycles. The molecule has 0 aliphatic carbocycles. The Morgan fingerprint density at radius 2 is 2.18 bits per heavy atom. The van der Waals surface area contributed by atoms with Crippen LogP contribution in [0.4, 0.5) is 4.79 Å². The normalized spacial score (nSPS) is 11.3. The second-order valence-corrected chi connectivity index (χ2v) is 3.64. The van der Waals surface area contributed by atoms with Gasteiger partial charge in [-0.15, -0.1) is 0 Å². The third-order valence-corrected chi connectivity index (χ3v) is 2.33. The Hall–Kier alpha value is -2.02. The molecular formula is C13H16N2O2. The minimum Gasteiger partial charge on any atom is -0.445 e. The fourth-order valence-electron chi connectivity index (χ4n) is 1.33. The van der Waals surface area contributed by atoms with E-state index in [-0.39, 0.29) is 12.5 Å². The van der Waals surface area contributed by atoms with Crippen molar-refractivity contribution in [2.45, 2.75) is 32.4 Å². The molecule has 1 rings (SSSR count). The molecule has 0 spiro atoms. The van der Waals surface area contributed by atoms with Crippen molar-refractivity contribution in [2.75, 3.05) is 0 Å². The van der Waals surface area contributed by atoms with Gasteiger partial charge in [-0.1, -0.05) is 37.3 Å². The monoisotopic (exact) mass is 232 g/mol. The van der Waals surface area contributed by atoms with Gasteiger partial charge in [-0.2, -0.15) is 5.26 Å². The van der Waals surface area contributed by atoms with Gasteiger partial charge in [0.1, 0.15) is 6.10 Å². The topological polar surface area (TPSA) is 62.1 Å². The van der Waals surface area contributed by atoms with Crippen LogP contribution in [0.25, 0.3) is 0 Å². The standard InChI is InChI=1S/C13H16N2O2/c1-2-12(8-9-14)17-13(16)15-10-11-6-4-3-5-7-11/h3-7,12H,2,8,10H2,1H3,(H,15,16)/t12-/m0/s1. The Morgan fingerprint density at radius 1 is 1.47 bits per heavy atom. The van der Waals surface area contributed by atoms with Crippen LogP contribution in [-0.4, -0.2) is 12.2 Å². The molecule has 1 amide bonds. The van der Waals surface area contributed by atoms with Crippen molar-refractivity contribution in [3.05, 3.63) is 35.9 Å². The molecule has 0 radical (unpaired) electrons. The fraction of sp³-hybridized carbons (Fsp3) is 0.385. The summed E-state index contributed by atoms with van der Waals surface area (Å²) in [7, 11) is 0. The van der Waals surface area contributed by atoms with Gasteiger partial charge >= 0.3 is 6.09 Å². The van der Waals surface area contributed by atoms with Crippen LogP contribution in [-0.2, 0) is 11.3 Å². The quantitative estimate of drug-likeness (QED) is 0.848. The van der Waals surface area contributed by atoms with Gasteiger partial charge in [0.05, 0.1) is 12.5 Å². The summed E-state index contributed by atoms with van der Waals surface area (Å²) >= 11 is 0. The van der Waals surface area contributed by atoms with Gasteiger partial charge in [-0.3, -0.25) is 0 Å². The van der Waals surface area contributed by atoms with Crippen LogP contribution in [0, 0.1) is 11.3 Å². The van der Waals surface area contributed by atoms with Gasteiger partial charge in [0, 0.05) is 6.54 Å². The predicted molar refractivity (Wildman–Crippen MR) is 64.1 cm³/mol. The number of benzene rings is 1. The lowest BCUT2D eigenvalue weighted by molar-refractivity contribution is 0.0971. The predicted octanol–water partition coefficient (Wildman–Crippen LogP) is 2.61. The average Bonchev–Trinajstić information content (AvgIpc) is 2.37. The molecule has 17 heavy (non-hydrogen) atoms. The highest BCUT2D eigenvalue weighted by atomic mass is 16.6. The molecule has 0 bridgehead atoms. The molecule has 0 fully saturated rings. The summed E-state index contributed by atoms with van der Waals surface area (Å²) in [5.41, 5.74) is 1.01. The molecule has 0 aromatic heterocycles. The Bertz CT molecular complexity index is 384. The molecule has 0 saturated carbocycles. The van der Waals surface area contributed by atoms with E-state index in [4.69, 9.17) is 10.00 Å². The number of carbonyl (C=O) groups excluding carboxylic acids is 1. The van der Waals surface area contributed by atoms with E-state index in [0.717, 1.165) is 5.56 Å². The van der Waals surface area contributed by atoms with Gasteiger partial charge in [0.25, 0.3) is 0 Å². The molecule has 1 aromatic carbocycles. The second kappa shape index (κ2) is 7.29. The molecule has 4 heteroatoms. The number of hydrogen-bond acceptors (Lipinski definition) is 3. The van der Waals surface area contributed by atoms with E-state index in [0.29, 0.717) is 13.0 Å². The number of nitriles is 1. The minimum absolute atomic E-state index is 0.231. The highest BCUT2D eigenvalue weighted by Crippen LogP contribution is 2.03. The van der Waals surface area contributed by atoms with Crippen molar-refractivity contribution in [2.24, 2.45) is 0 Å². The van der Waals surface area contributed by atoms with Crippen molar-refractivity contribution in [1.29, 1.82) is 5.26 Å². The van der Waals surface area contributed by atoms with Crippen LogP contribution in [0.15, 0.2) is 30.3 Å². The highest BCUT2D eigenvalue weighted by molar-refractivity contribution is 5.67. The number of nitrogens with zero attached hydrogens (tertiary/aromatic N) is 1. The summed E-state index contributed by atoms with van der Waals surface area (Å²) in [6, 6.07) is 11.6. The Balaban J connectivity index is 2.33. The molecule has 1 atom stereocenters. The first kappa shape index (κ1) is 13.0. The van der Waals surface area contributed by atoms with E-state index in [1.807, 2.05) is 43.3 Å². The molecule has 0 aliphatic rings. The zero-order valence-corrected chi connectivity index (χ0v) is 9.85. The number of nitrogens with one attached hydrogen (secondary N) is 1. The maximum atomic E-state index is 11.4. The SMILES string of the molecule is CC[C@@H](CC#N)OC(=O)NCc1ccccc1. The van der Waals surface area contributed by atoms with E-state index in [9.17, 15) is 4.79 Å². The van der Waals surface area contributed by atoms with Crippen LogP contribution in [0.5, 0.6) is 0 Å². The lowest BCUT2D eigenvalue weighted by Gasteiger charge is -2.13. The zero-order chi connectivity index (χ0) is 12.5. The first-order valence-corrected chi connectivity index (χ1v) is 5.61. The molecule has 0 aliphatic heterocycles. The van der Waals surface area contributed by atoms with Crippen LogP contribution >= 0.6 is 0 Å². The van der Waals surface area contributed by atoms with E-state index in [2.05, 4.69) is 5.32 Å². The summed E-state index contributed by atoms with van der Waals surface area (Å²) in [6.45, 7) is 2.31. The third kappa shape index (κ3) is 5.03. The number of ether oxygens (including phenoxy) is 1. The number of amides is 1. The number of hydrogen-bond donors (Lipinski definition) is 1. The Labute approximate surface area is 101 Å². The maximum Gasteiger partial charge on any atom is 0.407 e. The molecule has 4 nitrogen and oxygen atoms in total. The second-order valence-electron chi connectivity index (χ2n) is 3.64. The van der Waals surface area contributed by atoms with E-state index < -0.39 is 6.09 Å². The lowest BCUT2D eigenvalue weighted by atomic mass is 10.2. The van der Waals surface area contributed by atoms with Gasteiger partial charge in [-0.25, -0.2) is 4.79 Å². The molecule has 0 saturated heterocycles. The van der Waals surface area contributed by atoms with Crippen LogP contribution in [0.3, 0.4) is 0 Å². The summed E-state index contributed by atoms with van der Waals surface area (Å²) in [4.78, 5) is 11.4. The average molecular weight is 232 g/mol. The molecule has 1 aromatic rings. The van der Waals surface area contributed by atoms with Gasteiger partial charge in [-0.05, 0) is 12.0 Å². The molecule has 1 N–H and O–H groups in total. The van der Waals surface area contributed by atoms with Gasteiger partial charge in [0.2, 0.25) is 0 Å². The largest absolute Gasteiger partial charge is 0.445 e. The van der Waals surface area contributed by atoms with E-state index in [1.54, 1.807) is 0 Å². The van der Waals surface area contributed by atoms with Crippen molar-refractivity contribution in [1.82, 2.24) is 5.32 Å². The summed E-state index contributed by atoms with van der Waals surface area (Å²) in [6.07, 6.45) is 0.0772. The van der Waals surface area contributed by atoms with Crippen molar-refractivity contribution >= 4 is 6.09 Å². The molecular weight excluding hydrogens is 216 g/mol. The summed E-state index contributed by atoms with van der Waals surface area (Å²) in [5.74, 6) is 0. The molecule has 0 unspecified atom stereocenters. The fourth-order valence-corrected chi connectivity index (χ4v) is 1.33.